The molecule has 0 aliphatic heterocycles. The quantitative estimate of drug-likeness (QED) is 0.663. The number of methoxy groups -OCH3 is 1. The lowest BCUT2D eigenvalue weighted by Gasteiger charge is -2.11. The Balaban J connectivity index is 2.01. The first-order valence-corrected chi connectivity index (χ1v) is 8.95. The Labute approximate surface area is 159 Å². The molecule has 0 aliphatic carbocycles. The largest absolute Gasteiger partial charge is 0.491 e. The van der Waals surface area contributed by atoms with Crippen LogP contribution in [-0.4, -0.2) is 38.2 Å². The van der Waals surface area contributed by atoms with Crippen LogP contribution in [0, 0.1) is 0 Å². The standard InChI is InChI=1S/C21H26N2O4/c1-15(2)27-19-10-5-8-17(14-19)21(25)23-18-9-4-7-16(13-18)20(24)22-11-6-12-26-3/h4-5,7-10,13-15H,6,11-12H2,1-3H3,(H,22,24)(H,23,25). The summed E-state index contributed by atoms with van der Waals surface area (Å²) in [6, 6.07) is 13.8. The minimum atomic E-state index is -0.262. The van der Waals surface area contributed by atoms with Crippen LogP contribution >= 0.6 is 0 Å². The van der Waals surface area contributed by atoms with Gasteiger partial charge in [0.05, 0.1) is 6.10 Å². The third kappa shape index (κ3) is 6.75. The van der Waals surface area contributed by atoms with E-state index in [0.29, 0.717) is 35.7 Å². The van der Waals surface area contributed by atoms with Crippen molar-refractivity contribution in [2.45, 2.75) is 26.4 Å². The van der Waals surface area contributed by atoms with Gasteiger partial charge in [-0.2, -0.15) is 0 Å². The lowest BCUT2D eigenvalue weighted by molar-refractivity contribution is 0.0947. The van der Waals surface area contributed by atoms with E-state index < -0.39 is 0 Å². The Morgan fingerprint density at radius 2 is 1.70 bits per heavy atom. The number of amides is 2. The van der Waals surface area contributed by atoms with Gasteiger partial charge in [-0.1, -0.05) is 12.1 Å². The number of ether oxygens (including phenoxy) is 2. The van der Waals surface area contributed by atoms with Gasteiger partial charge in [-0.25, -0.2) is 0 Å². The van der Waals surface area contributed by atoms with Crippen molar-refractivity contribution in [1.29, 1.82) is 0 Å². The summed E-state index contributed by atoms with van der Waals surface area (Å²) in [5, 5.41) is 5.64. The molecule has 0 radical (unpaired) electrons. The van der Waals surface area contributed by atoms with Crippen LogP contribution in [0.4, 0.5) is 5.69 Å². The molecule has 0 bridgehead atoms. The van der Waals surface area contributed by atoms with Crippen molar-refractivity contribution in [3.63, 3.8) is 0 Å². The number of carbonyl (C=O) groups is 2. The van der Waals surface area contributed by atoms with Crippen molar-refractivity contribution in [3.05, 3.63) is 59.7 Å². The van der Waals surface area contributed by atoms with Crippen molar-refractivity contribution >= 4 is 17.5 Å². The third-order valence-corrected chi connectivity index (χ3v) is 3.66. The molecule has 2 amide bonds. The first-order valence-electron chi connectivity index (χ1n) is 8.95. The maximum Gasteiger partial charge on any atom is 0.255 e. The van der Waals surface area contributed by atoms with E-state index in [0.717, 1.165) is 6.42 Å². The predicted molar refractivity (Wildman–Crippen MR) is 105 cm³/mol. The second-order valence-electron chi connectivity index (χ2n) is 6.33. The van der Waals surface area contributed by atoms with Gasteiger partial charge in [0.25, 0.3) is 11.8 Å². The first kappa shape index (κ1) is 20.5. The van der Waals surface area contributed by atoms with E-state index in [1.807, 2.05) is 19.9 Å². The summed E-state index contributed by atoms with van der Waals surface area (Å²) in [6.45, 7) is 4.99. The third-order valence-electron chi connectivity index (χ3n) is 3.66. The average Bonchev–Trinajstić information content (AvgIpc) is 2.65. The zero-order valence-electron chi connectivity index (χ0n) is 16.0. The molecule has 0 heterocycles. The highest BCUT2D eigenvalue weighted by Crippen LogP contribution is 2.17. The van der Waals surface area contributed by atoms with Crippen LogP contribution in [0.25, 0.3) is 0 Å². The van der Waals surface area contributed by atoms with Gasteiger partial charge in [-0.15, -0.1) is 0 Å². The van der Waals surface area contributed by atoms with Crippen molar-refractivity contribution in [2.75, 3.05) is 25.6 Å². The molecule has 2 aromatic rings. The molecule has 0 saturated heterocycles. The molecule has 2 N–H and O–H groups in total. The summed E-state index contributed by atoms with van der Waals surface area (Å²) in [5.74, 6) is 0.193. The molecule has 0 saturated carbocycles. The van der Waals surface area contributed by atoms with Gasteiger partial charge in [-0.05, 0) is 56.7 Å². The first-order chi connectivity index (χ1) is 13.0. The van der Waals surface area contributed by atoms with Crippen molar-refractivity contribution < 1.29 is 19.1 Å². The number of hydrogen-bond donors (Lipinski definition) is 2. The van der Waals surface area contributed by atoms with E-state index in [2.05, 4.69) is 10.6 Å². The van der Waals surface area contributed by atoms with Crippen LogP contribution in [0.15, 0.2) is 48.5 Å². The maximum atomic E-state index is 12.5. The summed E-state index contributed by atoms with van der Waals surface area (Å²) in [5.41, 5.74) is 1.53. The minimum Gasteiger partial charge on any atom is -0.491 e. The lowest BCUT2D eigenvalue weighted by Crippen LogP contribution is -2.25. The molecule has 2 aromatic carbocycles. The molecular weight excluding hydrogens is 344 g/mol. The van der Waals surface area contributed by atoms with E-state index >= 15 is 0 Å². The normalized spacial score (nSPS) is 10.5. The van der Waals surface area contributed by atoms with E-state index in [-0.39, 0.29) is 17.9 Å². The number of benzene rings is 2. The summed E-state index contributed by atoms with van der Waals surface area (Å²) in [4.78, 5) is 24.7. The van der Waals surface area contributed by atoms with E-state index in [4.69, 9.17) is 9.47 Å². The summed E-state index contributed by atoms with van der Waals surface area (Å²) < 4.78 is 10.6. The van der Waals surface area contributed by atoms with Crippen LogP contribution in [-0.2, 0) is 4.74 Å². The molecule has 0 aromatic heterocycles. The monoisotopic (exact) mass is 370 g/mol. The van der Waals surface area contributed by atoms with E-state index in [9.17, 15) is 9.59 Å². The number of carbonyl (C=O) groups excluding carboxylic acids is 2. The summed E-state index contributed by atoms with van der Waals surface area (Å²) in [6.07, 6.45) is 0.774. The molecular formula is C21H26N2O4. The molecule has 6 nitrogen and oxygen atoms in total. The van der Waals surface area contributed by atoms with Crippen LogP contribution in [0.2, 0.25) is 0 Å². The number of nitrogens with one attached hydrogen (secondary N) is 2. The van der Waals surface area contributed by atoms with Crippen LogP contribution in [0.3, 0.4) is 0 Å². The van der Waals surface area contributed by atoms with Crippen LogP contribution in [0.1, 0.15) is 41.0 Å². The fourth-order valence-electron chi connectivity index (χ4n) is 2.44. The SMILES string of the molecule is COCCCNC(=O)c1cccc(NC(=O)c2cccc(OC(C)C)c2)c1. The fourth-order valence-corrected chi connectivity index (χ4v) is 2.44. The highest BCUT2D eigenvalue weighted by Gasteiger charge is 2.10. The minimum absolute atomic E-state index is 0.0300. The van der Waals surface area contributed by atoms with Crippen LogP contribution < -0.4 is 15.4 Å². The van der Waals surface area contributed by atoms with Gasteiger partial charge in [0, 0.05) is 37.1 Å². The number of anilines is 1. The highest BCUT2D eigenvalue weighted by atomic mass is 16.5. The average molecular weight is 370 g/mol. The van der Waals surface area contributed by atoms with E-state index in [1.165, 1.54) is 0 Å². The number of hydrogen-bond acceptors (Lipinski definition) is 4. The van der Waals surface area contributed by atoms with Gasteiger partial charge in [-0.3, -0.25) is 9.59 Å². The molecule has 27 heavy (non-hydrogen) atoms. The smallest absolute Gasteiger partial charge is 0.255 e. The topological polar surface area (TPSA) is 76.7 Å². The predicted octanol–water partition coefficient (Wildman–Crippen LogP) is 3.49. The Bertz CT molecular complexity index is 774. The van der Waals surface area contributed by atoms with Crippen molar-refractivity contribution in [3.8, 4) is 5.75 Å². The summed E-state index contributed by atoms with van der Waals surface area (Å²) >= 11 is 0. The molecule has 0 fully saturated rings. The number of rotatable bonds is 9. The Hall–Kier alpha value is -2.86. The Morgan fingerprint density at radius 1 is 1.00 bits per heavy atom. The Kier molecular flexibility index (Phi) is 7.82. The lowest BCUT2D eigenvalue weighted by atomic mass is 10.1. The molecule has 0 unspecified atom stereocenters. The van der Waals surface area contributed by atoms with Crippen LogP contribution in [0.5, 0.6) is 5.75 Å². The van der Waals surface area contributed by atoms with Gasteiger partial charge < -0.3 is 20.1 Å². The molecule has 0 atom stereocenters. The highest BCUT2D eigenvalue weighted by molar-refractivity contribution is 6.05. The van der Waals surface area contributed by atoms with E-state index in [1.54, 1.807) is 49.6 Å². The van der Waals surface area contributed by atoms with Crippen molar-refractivity contribution in [2.24, 2.45) is 0 Å². The second-order valence-corrected chi connectivity index (χ2v) is 6.33. The molecule has 144 valence electrons. The summed E-state index contributed by atoms with van der Waals surface area (Å²) in [7, 11) is 1.62. The zero-order valence-corrected chi connectivity index (χ0v) is 16.0. The van der Waals surface area contributed by atoms with Gasteiger partial charge in [0.2, 0.25) is 0 Å². The molecule has 2 rings (SSSR count). The zero-order chi connectivity index (χ0) is 19.6. The van der Waals surface area contributed by atoms with Gasteiger partial charge >= 0.3 is 0 Å². The second kappa shape index (κ2) is 10.3. The Morgan fingerprint density at radius 3 is 2.41 bits per heavy atom. The molecule has 6 heteroatoms. The fraction of sp³-hybridized carbons (Fsp3) is 0.333. The van der Waals surface area contributed by atoms with Crippen molar-refractivity contribution in [1.82, 2.24) is 5.32 Å². The molecule has 0 spiro atoms. The maximum absolute atomic E-state index is 12.5. The van der Waals surface area contributed by atoms with Gasteiger partial charge in [0.15, 0.2) is 0 Å². The molecule has 0 aliphatic rings. The van der Waals surface area contributed by atoms with Gasteiger partial charge in [0.1, 0.15) is 5.75 Å².